The van der Waals surface area contributed by atoms with Crippen molar-refractivity contribution in [2.45, 2.75) is 19.8 Å². The second kappa shape index (κ2) is 4.54. The fraction of sp³-hybridized carbons (Fsp3) is 0.500. The van der Waals surface area contributed by atoms with Gasteiger partial charge in [-0.15, -0.1) is 0 Å². The molecule has 1 aromatic heterocycles. The first-order valence-electron chi connectivity index (χ1n) is 4.11. The van der Waals surface area contributed by atoms with Gasteiger partial charge in [-0.2, -0.15) is 0 Å². The molecule has 0 aliphatic heterocycles. The summed E-state index contributed by atoms with van der Waals surface area (Å²) in [4.78, 5) is 17.7. The van der Waals surface area contributed by atoms with Crippen molar-refractivity contribution in [1.29, 1.82) is 0 Å². The summed E-state index contributed by atoms with van der Waals surface area (Å²) in [5.74, 6) is -0.0825. The maximum Gasteiger partial charge on any atom is 0.269 e. The first kappa shape index (κ1) is 8.77. The highest BCUT2D eigenvalue weighted by molar-refractivity contribution is 5.91. The maximum absolute atomic E-state index is 11.2. The molecule has 0 aliphatic rings. The van der Waals surface area contributed by atoms with Gasteiger partial charge in [-0.1, -0.05) is 13.3 Å². The number of hydrogen-bond acceptors (Lipinski definition) is 2. The van der Waals surface area contributed by atoms with Crippen LogP contribution in [0.4, 0.5) is 0 Å². The Hall–Kier alpha value is -1.32. The number of aromatic nitrogens is 2. The molecule has 0 spiro atoms. The van der Waals surface area contributed by atoms with Crippen LogP contribution in [0.3, 0.4) is 0 Å². The summed E-state index contributed by atoms with van der Waals surface area (Å²) in [5, 5.41) is 2.78. The minimum Gasteiger partial charge on any atom is -0.351 e. The van der Waals surface area contributed by atoms with Crippen molar-refractivity contribution in [1.82, 2.24) is 15.3 Å². The minimum atomic E-state index is -0.0825. The van der Waals surface area contributed by atoms with Crippen molar-refractivity contribution < 1.29 is 4.79 Å². The van der Waals surface area contributed by atoms with Gasteiger partial charge in [0.2, 0.25) is 0 Å². The molecule has 4 nitrogen and oxygen atoms in total. The molecule has 0 radical (unpaired) electrons. The molecular formula is C8H13N3O. The number of hydrogen-bond donors (Lipinski definition) is 2. The molecule has 0 aliphatic carbocycles. The standard InChI is InChI=1S/C8H13N3O/c1-2-3-4-10-8(12)7-5-9-6-11-7/h5-6H,2-4H2,1H3,(H,9,11)(H,10,12). The van der Waals surface area contributed by atoms with Gasteiger partial charge in [0.15, 0.2) is 0 Å². The summed E-state index contributed by atoms with van der Waals surface area (Å²) in [6.45, 7) is 2.82. The summed E-state index contributed by atoms with van der Waals surface area (Å²) in [7, 11) is 0. The zero-order chi connectivity index (χ0) is 8.81. The molecule has 4 heteroatoms. The Labute approximate surface area is 71.4 Å². The Morgan fingerprint density at radius 1 is 1.75 bits per heavy atom. The van der Waals surface area contributed by atoms with E-state index in [1.807, 2.05) is 0 Å². The average Bonchev–Trinajstić information content (AvgIpc) is 2.56. The number of rotatable bonds is 4. The number of imidazole rings is 1. The van der Waals surface area contributed by atoms with Crippen molar-refractivity contribution in [2.24, 2.45) is 0 Å². The fourth-order valence-corrected chi connectivity index (χ4v) is 0.854. The number of nitrogens with one attached hydrogen (secondary N) is 2. The Morgan fingerprint density at radius 2 is 2.58 bits per heavy atom. The molecule has 1 aromatic rings. The van der Waals surface area contributed by atoms with Crippen LogP contribution in [0.5, 0.6) is 0 Å². The van der Waals surface area contributed by atoms with Crippen LogP contribution in [0, 0.1) is 0 Å². The van der Waals surface area contributed by atoms with E-state index in [1.165, 1.54) is 12.5 Å². The van der Waals surface area contributed by atoms with Crippen molar-refractivity contribution in [2.75, 3.05) is 6.54 Å². The fourth-order valence-electron chi connectivity index (χ4n) is 0.854. The van der Waals surface area contributed by atoms with Crippen LogP contribution in [0.2, 0.25) is 0 Å². The van der Waals surface area contributed by atoms with Crippen LogP contribution in [-0.2, 0) is 0 Å². The Kier molecular flexibility index (Phi) is 3.32. The van der Waals surface area contributed by atoms with Gasteiger partial charge < -0.3 is 10.3 Å². The molecule has 0 bridgehead atoms. The molecule has 1 heterocycles. The van der Waals surface area contributed by atoms with Gasteiger partial charge in [0, 0.05) is 6.54 Å². The van der Waals surface area contributed by atoms with Crippen LogP contribution in [0.15, 0.2) is 12.5 Å². The first-order valence-corrected chi connectivity index (χ1v) is 4.11. The molecule has 1 amide bonds. The highest BCUT2D eigenvalue weighted by Gasteiger charge is 2.03. The van der Waals surface area contributed by atoms with Gasteiger partial charge in [0.25, 0.3) is 5.91 Å². The molecule has 12 heavy (non-hydrogen) atoms. The zero-order valence-corrected chi connectivity index (χ0v) is 7.13. The van der Waals surface area contributed by atoms with Crippen molar-refractivity contribution >= 4 is 5.91 Å². The van der Waals surface area contributed by atoms with Crippen LogP contribution in [0.1, 0.15) is 30.3 Å². The third kappa shape index (κ3) is 2.38. The summed E-state index contributed by atoms with van der Waals surface area (Å²) in [5.41, 5.74) is 0.520. The summed E-state index contributed by atoms with van der Waals surface area (Å²) >= 11 is 0. The van der Waals surface area contributed by atoms with E-state index in [1.54, 1.807) is 0 Å². The largest absolute Gasteiger partial charge is 0.351 e. The van der Waals surface area contributed by atoms with Crippen molar-refractivity contribution in [3.63, 3.8) is 0 Å². The van der Waals surface area contributed by atoms with E-state index in [0.717, 1.165) is 19.4 Å². The van der Waals surface area contributed by atoms with Crippen LogP contribution in [-0.4, -0.2) is 22.4 Å². The highest BCUT2D eigenvalue weighted by Crippen LogP contribution is 1.90. The van der Waals surface area contributed by atoms with Gasteiger partial charge in [0.1, 0.15) is 5.69 Å². The van der Waals surface area contributed by atoms with E-state index >= 15 is 0 Å². The molecule has 0 fully saturated rings. The summed E-state index contributed by atoms with van der Waals surface area (Å²) in [6, 6.07) is 0. The van der Waals surface area contributed by atoms with E-state index < -0.39 is 0 Å². The van der Waals surface area contributed by atoms with E-state index in [4.69, 9.17) is 0 Å². The molecule has 2 N–H and O–H groups in total. The zero-order valence-electron chi connectivity index (χ0n) is 7.13. The minimum absolute atomic E-state index is 0.0825. The Balaban J connectivity index is 2.30. The number of nitrogens with zero attached hydrogens (tertiary/aromatic N) is 1. The predicted molar refractivity (Wildman–Crippen MR) is 45.8 cm³/mol. The normalized spacial score (nSPS) is 9.75. The lowest BCUT2D eigenvalue weighted by Gasteiger charge is -2.00. The molecule has 0 unspecified atom stereocenters. The smallest absolute Gasteiger partial charge is 0.269 e. The topological polar surface area (TPSA) is 57.8 Å². The number of aromatic amines is 1. The molecule has 0 saturated carbocycles. The summed E-state index contributed by atoms with van der Waals surface area (Å²) in [6.07, 6.45) is 5.11. The van der Waals surface area contributed by atoms with E-state index in [2.05, 4.69) is 22.2 Å². The number of amides is 1. The molecule has 1 rings (SSSR count). The Morgan fingerprint density at radius 3 is 3.17 bits per heavy atom. The first-order chi connectivity index (χ1) is 5.84. The Bertz CT molecular complexity index is 230. The average molecular weight is 167 g/mol. The number of carbonyl (C=O) groups excluding carboxylic acids is 1. The van der Waals surface area contributed by atoms with E-state index in [-0.39, 0.29) is 5.91 Å². The molecule has 0 aromatic carbocycles. The molecule has 0 saturated heterocycles. The third-order valence-corrected chi connectivity index (χ3v) is 1.56. The lowest BCUT2D eigenvalue weighted by Crippen LogP contribution is -2.24. The van der Waals surface area contributed by atoms with Crippen molar-refractivity contribution in [3.8, 4) is 0 Å². The van der Waals surface area contributed by atoms with Gasteiger partial charge in [0.05, 0.1) is 12.5 Å². The van der Waals surface area contributed by atoms with Gasteiger partial charge in [-0.3, -0.25) is 4.79 Å². The lowest BCUT2D eigenvalue weighted by atomic mass is 10.3. The highest BCUT2D eigenvalue weighted by atomic mass is 16.1. The van der Waals surface area contributed by atoms with E-state index in [9.17, 15) is 4.79 Å². The quantitative estimate of drug-likeness (QED) is 0.656. The second-order valence-corrected chi connectivity index (χ2v) is 2.57. The predicted octanol–water partition coefficient (Wildman–Crippen LogP) is 0.940. The van der Waals surface area contributed by atoms with Crippen molar-refractivity contribution in [3.05, 3.63) is 18.2 Å². The molecule has 0 atom stereocenters. The van der Waals surface area contributed by atoms with Gasteiger partial charge in [-0.05, 0) is 6.42 Å². The van der Waals surface area contributed by atoms with Crippen LogP contribution < -0.4 is 5.32 Å². The number of unbranched alkanes of at least 4 members (excludes halogenated alkanes) is 1. The molecular weight excluding hydrogens is 154 g/mol. The SMILES string of the molecule is CCCCNC(=O)c1cnc[nH]1. The second-order valence-electron chi connectivity index (χ2n) is 2.57. The number of carbonyl (C=O) groups is 1. The van der Waals surface area contributed by atoms with Gasteiger partial charge >= 0.3 is 0 Å². The maximum atomic E-state index is 11.2. The lowest BCUT2D eigenvalue weighted by molar-refractivity contribution is 0.0948. The molecule has 66 valence electrons. The third-order valence-electron chi connectivity index (χ3n) is 1.56. The number of H-pyrrole nitrogens is 1. The van der Waals surface area contributed by atoms with Gasteiger partial charge in [-0.25, -0.2) is 4.98 Å². The van der Waals surface area contributed by atoms with E-state index in [0.29, 0.717) is 5.69 Å². The monoisotopic (exact) mass is 167 g/mol. The summed E-state index contributed by atoms with van der Waals surface area (Å²) < 4.78 is 0. The van der Waals surface area contributed by atoms with Crippen LogP contribution >= 0.6 is 0 Å². The van der Waals surface area contributed by atoms with Crippen LogP contribution in [0.25, 0.3) is 0 Å².